The Hall–Kier alpha value is -1.94. The van der Waals surface area contributed by atoms with E-state index in [2.05, 4.69) is 11.9 Å². The van der Waals surface area contributed by atoms with Crippen molar-refractivity contribution in [1.29, 1.82) is 0 Å². The van der Waals surface area contributed by atoms with Crippen LogP contribution in [0.4, 0.5) is 0 Å². The molecular formula is C17H21N3O. The molecule has 1 fully saturated rings. The second-order valence-corrected chi connectivity index (χ2v) is 5.89. The minimum atomic E-state index is 0.0796. The number of likely N-dealkylation sites (tertiary alicyclic amines) is 1. The first kappa shape index (κ1) is 14.0. The van der Waals surface area contributed by atoms with E-state index >= 15 is 0 Å². The van der Waals surface area contributed by atoms with E-state index in [9.17, 15) is 4.79 Å². The van der Waals surface area contributed by atoms with Gasteiger partial charge in [0.15, 0.2) is 0 Å². The summed E-state index contributed by atoms with van der Waals surface area (Å²) >= 11 is 0. The minimum absolute atomic E-state index is 0.0796. The molecule has 2 N–H and O–H groups in total. The number of hydrogen-bond donors (Lipinski definition) is 1. The SMILES string of the molecule is CC1CCN(C(=O)c2ccnc3ccccc23)C(CN)C1. The van der Waals surface area contributed by atoms with Gasteiger partial charge in [-0.2, -0.15) is 0 Å². The number of benzene rings is 1. The van der Waals surface area contributed by atoms with Crippen molar-refractivity contribution in [3.63, 3.8) is 0 Å². The third-order valence-electron chi connectivity index (χ3n) is 4.39. The zero-order valence-electron chi connectivity index (χ0n) is 12.3. The minimum Gasteiger partial charge on any atom is -0.334 e. The Morgan fingerprint density at radius 3 is 3.00 bits per heavy atom. The van der Waals surface area contributed by atoms with E-state index in [1.807, 2.05) is 35.2 Å². The number of rotatable bonds is 2. The van der Waals surface area contributed by atoms with E-state index in [0.29, 0.717) is 12.5 Å². The quantitative estimate of drug-likeness (QED) is 0.921. The van der Waals surface area contributed by atoms with Crippen LogP contribution in [0.25, 0.3) is 10.9 Å². The predicted molar refractivity (Wildman–Crippen MR) is 84.0 cm³/mol. The first-order valence-electron chi connectivity index (χ1n) is 7.55. The van der Waals surface area contributed by atoms with Crippen molar-refractivity contribution >= 4 is 16.8 Å². The number of para-hydroxylation sites is 1. The molecule has 2 atom stereocenters. The van der Waals surface area contributed by atoms with Crippen molar-refractivity contribution in [3.8, 4) is 0 Å². The topological polar surface area (TPSA) is 59.2 Å². The molecule has 0 bridgehead atoms. The summed E-state index contributed by atoms with van der Waals surface area (Å²) in [6, 6.07) is 9.74. The average molecular weight is 283 g/mol. The van der Waals surface area contributed by atoms with Gasteiger partial charge in [0, 0.05) is 30.7 Å². The second kappa shape index (κ2) is 5.82. The Labute approximate surface area is 125 Å². The lowest BCUT2D eigenvalue weighted by molar-refractivity contribution is 0.0575. The molecular weight excluding hydrogens is 262 g/mol. The summed E-state index contributed by atoms with van der Waals surface area (Å²) in [6.45, 7) is 3.55. The van der Waals surface area contributed by atoms with Crippen molar-refractivity contribution in [2.45, 2.75) is 25.8 Å². The van der Waals surface area contributed by atoms with E-state index in [1.165, 1.54) is 0 Å². The monoisotopic (exact) mass is 283 g/mol. The second-order valence-electron chi connectivity index (χ2n) is 5.89. The maximum Gasteiger partial charge on any atom is 0.254 e. The van der Waals surface area contributed by atoms with Crippen molar-refractivity contribution in [2.24, 2.45) is 11.7 Å². The summed E-state index contributed by atoms with van der Waals surface area (Å²) in [7, 11) is 0. The smallest absolute Gasteiger partial charge is 0.254 e. The predicted octanol–water partition coefficient (Wildman–Crippen LogP) is 2.43. The molecule has 4 heteroatoms. The van der Waals surface area contributed by atoms with Crippen LogP contribution in [0.3, 0.4) is 0 Å². The molecule has 1 aliphatic rings. The van der Waals surface area contributed by atoms with Crippen LogP contribution in [0, 0.1) is 5.92 Å². The van der Waals surface area contributed by atoms with Gasteiger partial charge in [-0.05, 0) is 30.9 Å². The van der Waals surface area contributed by atoms with Gasteiger partial charge in [-0.25, -0.2) is 0 Å². The highest BCUT2D eigenvalue weighted by Crippen LogP contribution is 2.25. The van der Waals surface area contributed by atoms with Crippen LogP contribution in [0.5, 0.6) is 0 Å². The molecule has 0 aliphatic carbocycles. The summed E-state index contributed by atoms with van der Waals surface area (Å²) in [5.74, 6) is 0.715. The van der Waals surface area contributed by atoms with E-state index in [1.54, 1.807) is 6.20 Å². The maximum absolute atomic E-state index is 12.9. The van der Waals surface area contributed by atoms with Crippen molar-refractivity contribution in [3.05, 3.63) is 42.1 Å². The molecule has 21 heavy (non-hydrogen) atoms. The number of piperidine rings is 1. The van der Waals surface area contributed by atoms with Crippen LogP contribution in [0.15, 0.2) is 36.5 Å². The largest absolute Gasteiger partial charge is 0.334 e. The highest BCUT2D eigenvalue weighted by Gasteiger charge is 2.30. The number of amides is 1. The van der Waals surface area contributed by atoms with Gasteiger partial charge in [0.05, 0.1) is 11.1 Å². The molecule has 110 valence electrons. The summed E-state index contributed by atoms with van der Waals surface area (Å²) in [5, 5.41) is 0.916. The van der Waals surface area contributed by atoms with Crippen LogP contribution in [0.2, 0.25) is 0 Å². The van der Waals surface area contributed by atoms with Crippen LogP contribution < -0.4 is 5.73 Å². The lowest BCUT2D eigenvalue weighted by atomic mass is 9.91. The van der Waals surface area contributed by atoms with Gasteiger partial charge in [-0.15, -0.1) is 0 Å². The van der Waals surface area contributed by atoms with Gasteiger partial charge in [0.1, 0.15) is 0 Å². The summed E-state index contributed by atoms with van der Waals surface area (Å²) in [6.07, 6.45) is 3.75. The molecule has 2 heterocycles. The molecule has 0 spiro atoms. The lowest BCUT2D eigenvalue weighted by Gasteiger charge is -2.38. The molecule has 2 aromatic rings. The average Bonchev–Trinajstić information content (AvgIpc) is 2.53. The third-order valence-corrected chi connectivity index (χ3v) is 4.39. The fraction of sp³-hybridized carbons (Fsp3) is 0.412. The van der Waals surface area contributed by atoms with Gasteiger partial charge in [-0.1, -0.05) is 25.1 Å². The van der Waals surface area contributed by atoms with E-state index in [4.69, 9.17) is 5.73 Å². The number of pyridine rings is 1. The Morgan fingerprint density at radius 1 is 1.38 bits per heavy atom. The van der Waals surface area contributed by atoms with Crippen molar-refractivity contribution in [2.75, 3.05) is 13.1 Å². The molecule has 1 aromatic heterocycles. The van der Waals surface area contributed by atoms with Gasteiger partial charge in [0.2, 0.25) is 0 Å². The number of nitrogens with zero attached hydrogens (tertiary/aromatic N) is 2. The van der Waals surface area contributed by atoms with Crippen LogP contribution in [-0.4, -0.2) is 34.9 Å². The van der Waals surface area contributed by atoms with E-state index < -0.39 is 0 Å². The molecule has 1 saturated heterocycles. The first-order chi connectivity index (χ1) is 10.2. The first-order valence-corrected chi connectivity index (χ1v) is 7.55. The molecule has 1 amide bonds. The van der Waals surface area contributed by atoms with E-state index in [0.717, 1.165) is 35.9 Å². The molecule has 0 saturated carbocycles. The molecule has 3 rings (SSSR count). The molecule has 2 unspecified atom stereocenters. The highest BCUT2D eigenvalue weighted by molar-refractivity contribution is 6.06. The van der Waals surface area contributed by atoms with Gasteiger partial charge in [0.25, 0.3) is 5.91 Å². The van der Waals surface area contributed by atoms with Crippen LogP contribution in [0.1, 0.15) is 30.1 Å². The van der Waals surface area contributed by atoms with Crippen molar-refractivity contribution < 1.29 is 4.79 Å². The number of nitrogens with two attached hydrogens (primary N) is 1. The van der Waals surface area contributed by atoms with E-state index in [-0.39, 0.29) is 11.9 Å². The Morgan fingerprint density at radius 2 is 2.19 bits per heavy atom. The summed E-state index contributed by atoms with van der Waals surface area (Å²) in [5.41, 5.74) is 7.47. The number of hydrogen-bond acceptors (Lipinski definition) is 3. The van der Waals surface area contributed by atoms with Gasteiger partial charge >= 0.3 is 0 Å². The Bertz CT molecular complexity index is 650. The number of carbonyl (C=O) groups excluding carboxylic acids is 1. The Balaban J connectivity index is 1.96. The number of carbonyl (C=O) groups is 1. The third kappa shape index (κ3) is 2.63. The van der Waals surface area contributed by atoms with Gasteiger partial charge < -0.3 is 10.6 Å². The standard InChI is InChI=1S/C17H21N3O/c1-12-7-9-20(13(10-12)11-18)17(21)15-6-8-19-16-5-3-2-4-14(15)16/h2-6,8,12-13H,7,9-11,18H2,1H3. The van der Waals surface area contributed by atoms with Crippen molar-refractivity contribution in [1.82, 2.24) is 9.88 Å². The lowest BCUT2D eigenvalue weighted by Crippen LogP contribution is -2.49. The number of fused-ring (bicyclic) bond motifs is 1. The van der Waals surface area contributed by atoms with Crippen LogP contribution in [-0.2, 0) is 0 Å². The Kier molecular flexibility index (Phi) is 3.88. The molecule has 4 nitrogen and oxygen atoms in total. The van der Waals surface area contributed by atoms with Gasteiger partial charge in [-0.3, -0.25) is 9.78 Å². The van der Waals surface area contributed by atoms with Crippen LogP contribution >= 0.6 is 0 Å². The maximum atomic E-state index is 12.9. The molecule has 1 aliphatic heterocycles. The number of aromatic nitrogens is 1. The molecule has 0 radical (unpaired) electrons. The zero-order chi connectivity index (χ0) is 14.8. The summed E-state index contributed by atoms with van der Waals surface area (Å²) in [4.78, 5) is 19.2. The molecule has 1 aromatic carbocycles. The highest BCUT2D eigenvalue weighted by atomic mass is 16.2. The summed E-state index contributed by atoms with van der Waals surface area (Å²) < 4.78 is 0. The fourth-order valence-corrected chi connectivity index (χ4v) is 3.18. The zero-order valence-corrected chi connectivity index (χ0v) is 12.3. The normalized spacial score (nSPS) is 22.5. The fourth-order valence-electron chi connectivity index (χ4n) is 3.18.